The first kappa shape index (κ1) is 13.8. The molecule has 98 valence electrons. The Morgan fingerprint density at radius 3 is 2.65 bits per heavy atom. The van der Waals surface area contributed by atoms with Crippen LogP contribution in [0, 0.1) is 5.41 Å². The highest BCUT2D eigenvalue weighted by Crippen LogP contribution is 2.21. The topological polar surface area (TPSA) is 67.9 Å². The van der Waals surface area contributed by atoms with E-state index in [1.165, 1.54) is 5.01 Å². The van der Waals surface area contributed by atoms with Crippen LogP contribution in [-0.2, 0) is 14.3 Å². The minimum atomic E-state index is -0.576. The summed E-state index contributed by atoms with van der Waals surface area (Å²) in [6.45, 7) is 8.56. The maximum absolute atomic E-state index is 11.8. The standard InChI is InChI=1S/C11H20N2O4/c1-5-16-9(14)8(11(2,3)4)12-13-6-7-17-10(13)15/h8,12H,5-7H2,1-4H3. The van der Waals surface area contributed by atoms with E-state index < -0.39 is 12.1 Å². The van der Waals surface area contributed by atoms with Gasteiger partial charge in [0.2, 0.25) is 0 Å². The number of carbonyl (C=O) groups is 2. The molecule has 0 radical (unpaired) electrons. The molecule has 0 aromatic heterocycles. The molecule has 0 aliphatic carbocycles. The lowest BCUT2D eigenvalue weighted by molar-refractivity contribution is -0.150. The lowest BCUT2D eigenvalue weighted by Gasteiger charge is -2.32. The van der Waals surface area contributed by atoms with Gasteiger partial charge in [0.05, 0.1) is 13.2 Å². The van der Waals surface area contributed by atoms with E-state index in [4.69, 9.17) is 9.47 Å². The average molecular weight is 244 g/mol. The molecular formula is C11H20N2O4. The summed E-state index contributed by atoms with van der Waals surface area (Å²) < 4.78 is 9.79. The third-order valence-electron chi connectivity index (χ3n) is 2.43. The van der Waals surface area contributed by atoms with Crippen molar-refractivity contribution in [1.82, 2.24) is 10.4 Å². The molecule has 17 heavy (non-hydrogen) atoms. The van der Waals surface area contributed by atoms with Crippen LogP contribution in [0.15, 0.2) is 0 Å². The molecule has 0 aromatic rings. The van der Waals surface area contributed by atoms with Crippen molar-refractivity contribution in [2.24, 2.45) is 5.41 Å². The Morgan fingerprint density at radius 2 is 2.24 bits per heavy atom. The molecule has 1 saturated heterocycles. The first-order valence-corrected chi connectivity index (χ1v) is 5.73. The van der Waals surface area contributed by atoms with Crippen LogP contribution >= 0.6 is 0 Å². The monoisotopic (exact) mass is 244 g/mol. The number of carbonyl (C=O) groups excluding carboxylic acids is 2. The minimum absolute atomic E-state index is 0.317. The quantitative estimate of drug-likeness (QED) is 0.745. The molecule has 1 unspecified atom stereocenters. The SMILES string of the molecule is CCOC(=O)C(NN1CCOC1=O)C(C)(C)C. The Labute approximate surface area is 101 Å². The lowest BCUT2D eigenvalue weighted by Crippen LogP contribution is -2.55. The van der Waals surface area contributed by atoms with Gasteiger partial charge < -0.3 is 9.47 Å². The van der Waals surface area contributed by atoms with Crippen LogP contribution in [0.3, 0.4) is 0 Å². The number of hydrogen-bond acceptors (Lipinski definition) is 5. The van der Waals surface area contributed by atoms with Gasteiger partial charge in [-0.05, 0) is 12.3 Å². The first-order chi connectivity index (χ1) is 7.86. The highest BCUT2D eigenvalue weighted by molar-refractivity contribution is 5.77. The van der Waals surface area contributed by atoms with Crippen molar-refractivity contribution in [3.05, 3.63) is 0 Å². The number of esters is 1. The Hall–Kier alpha value is -1.30. The van der Waals surface area contributed by atoms with E-state index in [2.05, 4.69) is 5.43 Å². The van der Waals surface area contributed by atoms with E-state index >= 15 is 0 Å². The highest BCUT2D eigenvalue weighted by Gasteiger charge is 2.36. The molecule has 6 nitrogen and oxygen atoms in total. The van der Waals surface area contributed by atoms with Crippen LogP contribution in [0.5, 0.6) is 0 Å². The summed E-state index contributed by atoms with van der Waals surface area (Å²) in [5.74, 6) is -0.361. The van der Waals surface area contributed by atoms with Gasteiger partial charge in [-0.1, -0.05) is 20.8 Å². The number of hydrazine groups is 1. The number of cyclic esters (lactones) is 1. The Bertz CT molecular complexity index is 298. The van der Waals surface area contributed by atoms with E-state index in [1.807, 2.05) is 20.8 Å². The fourth-order valence-corrected chi connectivity index (χ4v) is 1.49. The van der Waals surface area contributed by atoms with Crippen LogP contribution in [0.25, 0.3) is 0 Å². The summed E-state index contributed by atoms with van der Waals surface area (Å²) in [6, 6.07) is -0.576. The Morgan fingerprint density at radius 1 is 1.59 bits per heavy atom. The smallest absolute Gasteiger partial charge is 0.424 e. The van der Waals surface area contributed by atoms with E-state index in [1.54, 1.807) is 6.92 Å². The molecule has 0 saturated carbocycles. The van der Waals surface area contributed by atoms with Gasteiger partial charge in [0, 0.05) is 0 Å². The molecule has 0 spiro atoms. The molecule has 1 aliphatic heterocycles. The second kappa shape index (κ2) is 5.35. The van der Waals surface area contributed by atoms with Crippen LogP contribution in [-0.4, -0.2) is 42.9 Å². The summed E-state index contributed by atoms with van der Waals surface area (Å²) >= 11 is 0. The molecule has 0 aromatic carbocycles. The maximum atomic E-state index is 11.8. The fourth-order valence-electron chi connectivity index (χ4n) is 1.49. The minimum Gasteiger partial charge on any atom is -0.465 e. The van der Waals surface area contributed by atoms with Crippen molar-refractivity contribution in [1.29, 1.82) is 0 Å². The van der Waals surface area contributed by atoms with Crippen LogP contribution < -0.4 is 5.43 Å². The van der Waals surface area contributed by atoms with Gasteiger partial charge in [0.25, 0.3) is 0 Å². The van der Waals surface area contributed by atoms with Crippen LogP contribution in [0.4, 0.5) is 4.79 Å². The van der Waals surface area contributed by atoms with E-state index in [-0.39, 0.29) is 11.4 Å². The molecular weight excluding hydrogens is 224 g/mol. The Kier molecular flexibility index (Phi) is 4.34. The van der Waals surface area contributed by atoms with Gasteiger partial charge >= 0.3 is 12.1 Å². The number of nitrogens with one attached hydrogen (secondary N) is 1. The molecule has 1 heterocycles. The maximum Gasteiger partial charge on any atom is 0.424 e. The zero-order chi connectivity index (χ0) is 13.1. The van der Waals surface area contributed by atoms with E-state index in [0.29, 0.717) is 19.8 Å². The summed E-state index contributed by atoms with van der Waals surface area (Å²) in [7, 11) is 0. The summed E-state index contributed by atoms with van der Waals surface area (Å²) in [6.07, 6.45) is -0.455. The lowest BCUT2D eigenvalue weighted by atomic mass is 9.87. The summed E-state index contributed by atoms with van der Waals surface area (Å²) in [4.78, 5) is 23.1. The van der Waals surface area contributed by atoms with Crippen molar-refractivity contribution in [3.8, 4) is 0 Å². The molecule has 0 bridgehead atoms. The van der Waals surface area contributed by atoms with Crippen molar-refractivity contribution >= 4 is 12.1 Å². The Balaban J connectivity index is 2.70. The van der Waals surface area contributed by atoms with Gasteiger partial charge in [0.15, 0.2) is 0 Å². The van der Waals surface area contributed by atoms with Gasteiger partial charge in [-0.3, -0.25) is 4.79 Å². The molecule has 1 fully saturated rings. The molecule has 1 amide bonds. The molecule has 1 aliphatic rings. The second-order valence-corrected chi connectivity index (χ2v) is 4.95. The van der Waals surface area contributed by atoms with Crippen LogP contribution in [0.1, 0.15) is 27.7 Å². The van der Waals surface area contributed by atoms with Gasteiger partial charge in [-0.25, -0.2) is 15.2 Å². The second-order valence-electron chi connectivity index (χ2n) is 4.95. The predicted molar refractivity (Wildman–Crippen MR) is 61.1 cm³/mol. The molecule has 1 atom stereocenters. The van der Waals surface area contributed by atoms with Crippen molar-refractivity contribution < 1.29 is 19.1 Å². The molecule has 1 rings (SSSR count). The number of nitrogens with zero attached hydrogens (tertiary/aromatic N) is 1. The third kappa shape index (κ3) is 3.59. The first-order valence-electron chi connectivity index (χ1n) is 5.73. The third-order valence-corrected chi connectivity index (χ3v) is 2.43. The van der Waals surface area contributed by atoms with Crippen molar-refractivity contribution in [2.75, 3.05) is 19.8 Å². The number of rotatable bonds is 4. The van der Waals surface area contributed by atoms with Gasteiger partial charge in [0.1, 0.15) is 12.6 Å². The van der Waals surface area contributed by atoms with Crippen molar-refractivity contribution in [2.45, 2.75) is 33.7 Å². The van der Waals surface area contributed by atoms with Crippen LogP contribution in [0.2, 0.25) is 0 Å². The fraction of sp³-hybridized carbons (Fsp3) is 0.818. The van der Waals surface area contributed by atoms with E-state index in [9.17, 15) is 9.59 Å². The highest BCUT2D eigenvalue weighted by atomic mass is 16.6. The average Bonchev–Trinajstić information content (AvgIpc) is 2.59. The normalized spacial score (nSPS) is 17.9. The number of ether oxygens (including phenoxy) is 2. The number of amides is 1. The van der Waals surface area contributed by atoms with Crippen molar-refractivity contribution in [3.63, 3.8) is 0 Å². The summed E-state index contributed by atoms with van der Waals surface area (Å²) in [5, 5.41) is 1.31. The van der Waals surface area contributed by atoms with Gasteiger partial charge in [-0.15, -0.1) is 0 Å². The zero-order valence-electron chi connectivity index (χ0n) is 10.8. The predicted octanol–water partition coefficient (Wildman–Crippen LogP) is 0.921. The summed E-state index contributed by atoms with van der Waals surface area (Å²) in [5.41, 5.74) is 2.52. The largest absolute Gasteiger partial charge is 0.465 e. The number of hydrogen-bond donors (Lipinski definition) is 1. The molecule has 6 heteroatoms. The van der Waals surface area contributed by atoms with Gasteiger partial charge in [-0.2, -0.15) is 0 Å². The molecule has 1 N–H and O–H groups in total. The zero-order valence-corrected chi connectivity index (χ0v) is 10.8. The van der Waals surface area contributed by atoms with E-state index in [0.717, 1.165) is 0 Å².